The number of anilines is 1. The van der Waals surface area contributed by atoms with Crippen molar-refractivity contribution in [2.75, 3.05) is 4.90 Å². The highest BCUT2D eigenvalue weighted by molar-refractivity contribution is 8.19. The Hall–Kier alpha value is -3.33. The Morgan fingerprint density at radius 3 is 2.62 bits per heavy atom. The van der Waals surface area contributed by atoms with E-state index in [0.717, 1.165) is 38.0 Å². The Morgan fingerprint density at radius 2 is 1.82 bits per heavy atom. The van der Waals surface area contributed by atoms with Gasteiger partial charge in [0.05, 0.1) is 22.2 Å². The number of hydrogen-bond acceptors (Lipinski definition) is 5. The SMILES string of the molecule is O=C(Cn1cc(/C=C2\SC(=O)N(c3ccccc3Cl)C2=O)c2ccccc21)NCc1cccs1. The van der Waals surface area contributed by atoms with Crippen molar-refractivity contribution in [1.29, 1.82) is 0 Å². The first-order valence-corrected chi connectivity index (χ1v) is 12.5. The van der Waals surface area contributed by atoms with Gasteiger partial charge in [0.15, 0.2) is 0 Å². The van der Waals surface area contributed by atoms with E-state index in [-0.39, 0.29) is 12.5 Å². The van der Waals surface area contributed by atoms with E-state index in [1.54, 1.807) is 41.7 Å². The fourth-order valence-corrected chi connectivity index (χ4v) is 5.47. The van der Waals surface area contributed by atoms with E-state index in [0.29, 0.717) is 22.2 Å². The van der Waals surface area contributed by atoms with Crippen LogP contribution in [0.5, 0.6) is 0 Å². The molecule has 0 bridgehead atoms. The summed E-state index contributed by atoms with van der Waals surface area (Å²) in [6, 6.07) is 18.3. The van der Waals surface area contributed by atoms with Gasteiger partial charge in [0, 0.05) is 27.5 Å². The van der Waals surface area contributed by atoms with Crippen LogP contribution >= 0.6 is 34.7 Å². The molecule has 1 aliphatic rings. The molecule has 3 amide bonds. The van der Waals surface area contributed by atoms with Crippen molar-refractivity contribution in [3.8, 4) is 0 Å². The summed E-state index contributed by atoms with van der Waals surface area (Å²) in [6.07, 6.45) is 3.53. The number of thiophene rings is 1. The number of para-hydroxylation sites is 2. The summed E-state index contributed by atoms with van der Waals surface area (Å²) < 4.78 is 1.85. The van der Waals surface area contributed by atoms with Gasteiger partial charge in [-0.25, -0.2) is 4.90 Å². The number of halogens is 1. The highest BCUT2D eigenvalue weighted by atomic mass is 35.5. The van der Waals surface area contributed by atoms with Crippen LogP contribution in [0.2, 0.25) is 5.02 Å². The smallest absolute Gasteiger partial charge is 0.298 e. The van der Waals surface area contributed by atoms with Crippen molar-refractivity contribution in [2.24, 2.45) is 0 Å². The Bertz CT molecular complexity index is 1440. The molecule has 0 unspecified atom stereocenters. The number of thioether (sulfide) groups is 1. The van der Waals surface area contributed by atoms with E-state index in [2.05, 4.69) is 5.32 Å². The molecule has 3 heterocycles. The lowest BCUT2D eigenvalue weighted by Crippen LogP contribution is -2.27. The largest absolute Gasteiger partial charge is 0.350 e. The molecule has 5 rings (SSSR count). The third kappa shape index (κ3) is 4.40. The number of rotatable bonds is 6. The quantitative estimate of drug-likeness (QED) is 0.329. The Morgan fingerprint density at radius 1 is 1.03 bits per heavy atom. The van der Waals surface area contributed by atoms with Gasteiger partial charge in [0.25, 0.3) is 11.1 Å². The van der Waals surface area contributed by atoms with Gasteiger partial charge in [-0.05, 0) is 47.5 Å². The number of hydrogen-bond donors (Lipinski definition) is 1. The highest BCUT2D eigenvalue weighted by Gasteiger charge is 2.37. The fourth-order valence-electron chi connectivity index (χ4n) is 3.78. The van der Waals surface area contributed by atoms with Crippen LogP contribution in [0, 0.1) is 0 Å². The average Bonchev–Trinajstić information content (AvgIpc) is 3.53. The summed E-state index contributed by atoms with van der Waals surface area (Å²) >= 11 is 8.68. The maximum absolute atomic E-state index is 13.1. The lowest BCUT2D eigenvalue weighted by atomic mass is 10.1. The number of nitrogens with one attached hydrogen (secondary N) is 1. The molecule has 1 fully saturated rings. The van der Waals surface area contributed by atoms with Crippen molar-refractivity contribution in [3.63, 3.8) is 0 Å². The second-order valence-electron chi connectivity index (χ2n) is 7.55. The minimum absolute atomic E-state index is 0.111. The number of carbonyl (C=O) groups is 3. The molecule has 0 atom stereocenters. The molecular formula is C25H18ClN3O3S2. The van der Waals surface area contributed by atoms with Gasteiger partial charge in [0.2, 0.25) is 5.91 Å². The molecule has 170 valence electrons. The van der Waals surface area contributed by atoms with Crippen LogP contribution in [0.25, 0.3) is 17.0 Å². The molecule has 9 heteroatoms. The maximum Gasteiger partial charge on any atom is 0.298 e. The molecule has 1 saturated heterocycles. The number of imide groups is 1. The van der Waals surface area contributed by atoms with Crippen LogP contribution in [0.3, 0.4) is 0 Å². The molecule has 34 heavy (non-hydrogen) atoms. The normalized spacial score (nSPS) is 15.0. The number of aromatic nitrogens is 1. The molecule has 0 aliphatic carbocycles. The zero-order chi connectivity index (χ0) is 23.7. The van der Waals surface area contributed by atoms with Gasteiger partial charge >= 0.3 is 0 Å². The lowest BCUT2D eigenvalue weighted by Gasteiger charge is -2.13. The van der Waals surface area contributed by atoms with Crippen molar-refractivity contribution < 1.29 is 14.4 Å². The van der Waals surface area contributed by atoms with Gasteiger partial charge in [-0.1, -0.05) is 48.0 Å². The monoisotopic (exact) mass is 507 g/mol. The van der Waals surface area contributed by atoms with Gasteiger partial charge < -0.3 is 9.88 Å². The van der Waals surface area contributed by atoms with Gasteiger partial charge in [-0.15, -0.1) is 11.3 Å². The minimum Gasteiger partial charge on any atom is -0.350 e. The zero-order valence-electron chi connectivity index (χ0n) is 17.7. The van der Waals surface area contributed by atoms with Crippen molar-refractivity contribution in [1.82, 2.24) is 9.88 Å². The van der Waals surface area contributed by atoms with Crippen LogP contribution in [-0.2, 0) is 22.7 Å². The predicted octanol–water partition coefficient (Wildman–Crippen LogP) is 5.91. The topological polar surface area (TPSA) is 71.4 Å². The van der Waals surface area contributed by atoms with Gasteiger partial charge in [-0.3, -0.25) is 14.4 Å². The van der Waals surface area contributed by atoms with Crippen molar-refractivity contribution in [3.05, 3.63) is 92.6 Å². The van der Waals surface area contributed by atoms with Gasteiger partial charge in [-0.2, -0.15) is 0 Å². The number of carbonyl (C=O) groups excluding carboxylic acids is 3. The maximum atomic E-state index is 13.1. The first kappa shape index (κ1) is 22.5. The van der Waals surface area contributed by atoms with E-state index in [1.807, 2.05) is 52.5 Å². The molecule has 2 aromatic heterocycles. The number of nitrogens with zero attached hydrogens (tertiary/aromatic N) is 2. The van der Waals surface area contributed by atoms with Crippen molar-refractivity contribution >= 4 is 74.4 Å². The molecule has 0 radical (unpaired) electrons. The highest BCUT2D eigenvalue weighted by Crippen LogP contribution is 2.39. The zero-order valence-corrected chi connectivity index (χ0v) is 20.1. The Labute approximate surface area is 208 Å². The second kappa shape index (κ2) is 9.50. The van der Waals surface area contributed by atoms with E-state index in [4.69, 9.17) is 11.6 Å². The number of fused-ring (bicyclic) bond motifs is 1. The standard InChI is InChI=1S/C25H18ClN3O3S2/c26-19-8-2-4-10-21(19)29-24(31)22(34-25(29)32)12-16-14-28(20-9-3-1-7-18(16)20)15-23(30)27-13-17-6-5-11-33-17/h1-12,14H,13,15H2,(H,27,30)/b22-12-. The molecule has 2 aromatic carbocycles. The molecule has 1 aliphatic heterocycles. The summed E-state index contributed by atoms with van der Waals surface area (Å²) in [4.78, 5) is 40.8. The summed E-state index contributed by atoms with van der Waals surface area (Å²) in [6.45, 7) is 0.624. The van der Waals surface area contributed by atoms with E-state index < -0.39 is 11.1 Å². The Kier molecular flexibility index (Phi) is 6.28. The van der Waals surface area contributed by atoms with Crippen LogP contribution in [0.1, 0.15) is 10.4 Å². The third-order valence-corrected chi connectivity index (χ3v) is 7.41. The summed E-state index contributed by atoms with van der Waals surface area (Å²) in [5.41, 5.74) is 1.98. The molecular weight excluding hydrogens is 490 g/mol. The van der Waals surface area contributed by atoms with E-state index in [9.17, 15) is 14.4 Å². The second-order valence-corrected chi connectivity index (χ2v) is 9.99. The van der Waals surface area contributed by atoms with Crippen LogP contribution in [0.15, 0.2) is 77.1 Å². The summed E-state index contributed by atoms with van der Waals surface area (Å²) in [5.74, 6) is -0.534. The van der Waals surface area contributed by atoms with Crippen molar-refractivity contribution in [2.45, 2.75) is 13.1 Å². The fraction of sp³-hybridized carbons (Fsp3) is 0.0800. The molecule has 6 nitrogen and oxygen atoms in total. The summed E-state index contributed by atoms with van der Waals surface area (Å²) in [5, 5.41) is 5.72. The van der Waals surface area contributed by atoms with Crippen LogP contribution < -0.4 is 10.2 Å². The molecule has 4 aromatic rings. The van der Waals surface area contributed by atoms with Crippen LogP contribution in [0.4, 0.5) is 10.5 Å². The van der Waals surface area contributed by atoms with Gasteiger partial charge in [0.1, 0.15) is 6.54 Å². The first-order chi connectivity index (χ1) is 16.5. The molecule has 0 spiro atoms. The average molecular weight is 508 g/mol. The van der Waals surface area contributed by atoms with E-state index in [1.165, 1.54) is 0 Å². The predicted molar refractivity (Wildman–Crippen MR) is 138 cm³/mol. The van der Waals surface area contributed by atoms with Crippen LogP contribution in [-0.4, -0.2) is 21.6 Å². The van der Waals surface area contributed by atoms with E-state index >= 15 is 0 Å². The molecule has 1 N–H and O–H groups in total. The third-order valence-electron chi connectivity index (χ3n) is 5.35. The first-order valence-electron chi connectivity index (χ1n) is 10.4. The minimum atomic E-state index is -0.423. The Balaban J connectivity index is 1.42. The number of benzene rings is 2. The lowest BCUT2D eigenvalue weighted by molar-refractivity contribution is -0.121. The number of amides is 3. The summed E-state index contributed by atoms with van der Waals surface area (Å²) in [7, 11) is 0. The molecule has 0 saturated carbocycles.